The van der Waals surface area contributed by atoms with Crippen LogP contribution in [0.25, 0.3) is 0 Å². The molecule has 2 heterocycles. The number of ether oxygens (including phenoxy) is 2. The molecule has 4 fully saturated rings. The number of carbonyl (C=O) groups is 1. The molecule has 2 aliphatic carbocycles. The maximum absolute atomic E-state index is 13.6. The van der Waals surface area contributed by atoms with Gasteiger partial charge < -0.3 is 19.7 Å². The fraction of sp³-hybridized carbons (Fsp3) is 0.720. The zero-order valence-electron chi connectivity index (χ0n) is 19.9. The minimum absolute atomic E-state index is 0.156. The van der Waals surface area contributed by atoms with Crippen LogP contribution in [0.4, 0.5) is 5.69 Å². The van der Waals surface area contributed by atoms with Crippen molar-refractivity contribution in [2.24, 2.45) is 11.8 Å². The van der Waals surface area contributed by atoms with Crippen molar-refractivity contribution in [2.75, 3.05) is 57.5 Å². The van der Waals surface area contributed by atoms with Gasteiger partial charge in [0.2, 0.25) is 10.0 Å². The van der Waals surface area contributed by atoms with Gasteiger partial charge in [-0.25, -0.2) is 8.42 Å². The minimum atomic E-state index is -3.68. The van der Waals surface area contributed by atoms with Crippen molar-refractivity contribution in [1.82, 2.24) is 9.62 Å². The molecule has 9 heteroatoms. The molecule has 8 nitrogen and oxygen atoms in total. The Balaban J connectivity index is 1.39. The number of hydrogen-bond acceptors (Lipinski definition) is 6. The Morgan fingerprint density at radius 1 is 0.882 bits per heavy atom. The van der Waals surface area contributed by atoms with Crippen LogP contribution in [0.3, 0.4) is 0 Å². The smallest absolute Gasteiger partial charge is 0.253 e. The number of rotatable bonds is 5. The van der Waals surface area contributed by atoms with E-state index in [9.17, 15) is 13.2 Å². The molecule has 0 bridgehead atoms. The van der Waals surface area contributed by atoms with E-state index in [4.69, 9.17) is 9.47 Å². The van der Waals surface area contributed by atoms with Gasteiger partial charge in [0.05, 0.1) is 36.9 Å². The van der Waals surface area contributed by atoms with Crippen LogP contribution >= 0.6 is 0 Å². The van der Waals surface area contributed by atoms with Gasteiger partial charge >= 0.3 is 0 Å². The van der Waals surface area contributed by atoms with Crippen molar-refractivity contribution in [2.45, 2.75) is 55.9 Å². The van der Waals surface area contributed by atoms with Crippen LogP contribution in [-0.2, 0) is 19.5 Å². The number of nitrogens with zero attached hydrogens (tertiary/aromatic N) is 2. The summed E-state index contributed by atoms with van der Waals surface area (Å²) < 4.78 is 38.9. The van der Waals surface area contributed by atoms with E-state index in [0.717, 1.165) is 24.4 Å². The molecule has 34 heavy (non-hydrogen) atoms. The molecule has 2 aliphatic heterocycles. The van der Waals surface area contributed by atoms with E-state index in [1.807, 2.05) is 0 Å². The van der Waals surface area contributed by atoms with E-state index in [2.05, 4.69) is 10.2 Å². The maximum atomic E-state index is 13.6. The minimum Gasteiger partial charge on any atom is -0.379 e. The summed E-state index contributed by atoms with van der Waals surface area (Å²) in [7, 11) is -3.68. The molecule has 1 N–H and O–H groups in total. The third-order valence-electron chi connectivity index (χ3n) is 8.05. The fourth-order valence-corrected chi connectivity index (χ4v) is 7.58. The average Bonchev–Trinajstić information content (AvgIpc) is 2.89. The molecule has 3 atom stereocenters. The number of hydrogen-bond donors (Lipinski definition) is 1. The van der Waals surface area contributed by atoms with Crippen LogP contribution in [0.5, 0.6) is 0 Å². The molecule has 2 saturated heterocycles. The Labute approximate surface area is 203 Å². The predicted molar refractivity (Wildman–Crippen MR) is 130 cm³/mol. The zero-order valence-corrected chi connectivity index (χ0v) is 20.7. The molecule has 4 aliphatic rings. The number of amides is 1. The van der Waals surface area contributed by atoms with Crippen molar-refractivity contribution in [1.29, 1.82) is 0 Å². The normalized spacial score (nSPS) is 28.8. The van der Waals surface area contributed by atoms with Gasteiger partial charge in [0.15, 0.2) is 0 Å². The first-order valence-corrected chi connectivity index (χ1v) is 14.3. The number of fused-ring (bicyclic) bond motifs is 1. The highest BCUT2D eigenvalue weighted by molar-refractivity contribution is 7.89. The molecule has 188 valence electrons. The monoisotopic (exact) mass is 491 g/mol. The average molecular weight is 492 g/mol. The van der Waals surface area contributed by atoms with Crippen LogP contribution < -0.4 is 10.2 Å². The SMILES string of the molecule is O=C(NC1CCC2CCCCC2C1)c1cc(S(=O)(=O)N2CCOCC2)ccc1N1CCOCC1. The van der Waals surface area contributed by atoms with Crippen molar-refractivity contribution in [3.05, 3.63) is 23.8 Å². The summed E-state index contributed by atoms with van der Waals surface area (Å²) in [5, 5.41) is 3.28. The molecule has 5 rings (SSSR count). The predicted octanol–water partition coefficient (Wildman–Crippen LogP) is 2.63. The maximum Gasteiger partial charge on any atom is 0.253 e. The van der Waals surface area contributed by atoms with E-state index in [-0.39, 0.29) is 16.8 Å². The lowest BCUT2D eigenvalue weighted by molar-refractivity contribution is 0.0730. The van der Waals surface area contributed by atoms with Crippen LogP contribution in [0.2, 0.25) is 0 Å². The number of morpholine rings is 2. The van der Waals surface area contributed by atoms with E-state index in [0.29, 0.717) is 64.1 Å². The van der Waals surface area contributed by atoms with Crippen LogP contribution in [0.15, 0.2) is 23.1 Å². The third-order valence-corrected chi connectivity index (χ3v) is 9.94. The highest BCUT2D eigenvalue weighted by Crippen LogP contribution is 2.40. The highest BCUT2D eigenvalue weighted by Gasteiger charge is 2.34. The number of anilines is 1. The highest BCUT2D eigenvalue weighted by atomic mass is 32.2. The van der Waals surface area contributed by atoms with Gasteiger partial charge in [-0.15, -0.1) is 0 Å². The van der Waals surface area contributed by atoms with Crippen LogP contribution in [0.1, 0.15) is 55.3 Å². The summed E-state index contributed by atoms with van der Waals surface area (Å²) >= 11 is 0. The molecule has 3 unspecified atom stereocenters. The molecular formula is C25H37N3O5S. The number of benzene rings is 1. The zero-order chi connectivity index (χ0) is 23.5. The van der Waals surface area contributed by atoms with E-state index < -0.39 is 10.0 Å². The van der Waals surface area contributed by atoms with Crippen molar-refractivity contribution in [3.8, 4) is 0 Å². The number of sulfonamides is 1. The van der Waals surface area contributed by atoms with Gasteiger partial charge in [-0.05, 0) is 49.3 Å². The quantitative estimate of drug-likeness (QED) is 0.681. The summed E-state index contributed by atoms with van der Waals surface area (Å²) in [4.78, 5) is 15.9. The molecule has 1 amide bonds. The second-order valence-electron chi connectivity index (χ2n) is 10.1. The Hall–Kier alpha value is -1.68. The van der Waals surface area contributed by atoms with E-state index >= 15 is 0 Å². The Bertz CT molecular complexity index is 973. The second-order valence-corrected chi connectivity index (χ2v) is 12.0. The summed E-state index contributed by atoms with van der Waals surface area (Å²) in [6, 6.07) is 5.17. The lowest BCUT2D eigenvalue weighted by Crippen LogP contribution is -2.43. The summed E-state index contributed by atoms with van der Waals surface area (Å²) in [6.45, 7) is 4.01. The summed E-state index contributed by atoms with van der Waals surface area (Å²) in [5.41, 5.74) is 1.23. The van der Waals surface area contributed by atoms with E-state index in [1.54, 1.807) is 18.2 Å². The van der Waals surface area contributed by atoms with Crippen LogP contribution in [0, 0.1) is 11.8 Å². The van der Waals surface area contributed by atoms with Gasteiger partial charge in [0.1, 0.15) is 0 Å². The molecule has 0 aromatic heterocycles. The van der Waals surface area contributed by atoms with Gasteiger partial charge in [0, 0.05) is 37.9 Å². The second kappa shape index (κ2) is 10.5. The Kier molecular flexibility index (Phi) is 7.44. The van der Waals surface area contributed by atoms with Gasteiger partial charge in [0.25, 0.3) is 5.91 Å². The van der Waals surface area contributed by atoms with Gasteiger partial charge in [-0.3, -0.25) is 4.79 Å². The van der Waals surface area contributed by atoms with Crippen molar-refractivity contribution >= 4 is 21.6 Å². The summed E-state index contributed by atoms with van der Waals surface area (Å²) in [5.74, 6) is 1.35. The van der Waals surface area contributed by atoms with Crippen molar-refractivity contribution in [3.63, 3.8) is 0 Å². The third kappa shape index (κ3) is 5.12. The largest absolute Gasteiger partial charge is 0.379 e. The van der Waals surface area contributed by atoms with Crippen LogP contribution in [-0.4, -0.2) is 77.3 Å². The molecule has 1 aromatic carbocycles. The fourth-order valence-electron chi connectivity index (χ4n) is 6.14. The lowest BCUT2D eigenvalue weighted by atomic mass is 9.69. The Morgan fingerprint density at radius 2 is 1.56 bits per heavy atom. The first-order valence-electron chi connectivity index (χ1n) is 12.9. The van der Waals surface area contributed by atoms with Gasteiger partial charge in [-0.1, -0.05) is 25.7 Å². The first-order chi connectivity index (χ1) is 16.5. The lowest BCUT2D eigenvalue weighted by Gasteiger charge is -2.39. The number of nitrogens with one attached hydrogen (secondary N) is 1. The Morgan fingerprint density at radius 3 is 2.29 bits per heavy atom. The molecular weight excluding hydrogens is 454 g/mol. The summed E-state index contributed by atoms with van der Waals surface area (Å²) in [6.07, 6.45) is 8.45. The standard InChI is InChI=1S/C25H37N3O5S/c29-25(26-21-6-5-19-3-1-2-4-20(19)17-21)23-18-22(34(30,31)28-11-15-33-16-12-28)7-8-24(23)27-9-13-32-14-10-27/h7-8,18-21H,1-6,9-17H2,(H,26,29). The number of carbonyl (C=O) groups excluding carboxylic acids is 1. The van der Waals surface area contributed by atoms with Crippen molar-refractivity contribution < 1.29 is 22.7 Å². The van der Waals surface area contributed by atoms with E-state index in [1.165, 1.54) is 36.4 Å². The molecule has 1 aromatic rings. The first kappa shape index (κ1) is 24.0. The molecule has 0 radical (unpaired) electrons. The molecule has 2 saturated carbocycles. The van der Waals surface area contributed by atoms with Gasteiger partial charge in [-0.2, -0.15) is 4.31 Å². The molecule has 0 spiro atoms. The topological polar surface area (TPSA) is 88.2 Å².